The molecule has 2 N–H and O–H groups in total. The van der Waals surface area contributed by atoms with Gasteiger partial charge in [-0.25, -0.2) is 4.98 Å². The minimum atomic E-state index is 0.106. The van der Waals surface area contributed by atoms with Crippen LogP contribution in [0.15, 0.2) is 43.0 Å². The van der Waals surface area contributed by atoms with E-state index in [1.54, 1.807) is 6.20 Å². The Labute approximate surface area is 130 Å². The molecule has 2 heterocycles. The van der Waals surface area contributed by atoms with Gasteiger partial charge in [0.2, 0.25) is 5.91 Å². The van der Waals surface area contributed by atoms with E-state index in [2.05, 4.69) is 27.8 Å². The first-order chi connectivity index (χ1) is 10.8. The number of carbonyl (C=O) groups is 1. The quantitative estimate of drug-likeness (QED) is 0.880. The van der Waals surface area contributed by atoms with Gasteiger partial charge in [-0.15, -0.1) is 0 Å². The van der Waals surface area contributed by atoms with Gasteiger partial charge in [0.25, 0.3) is 0 Å². The van der Waals surface area contributed by atoms with Crippen LogP contribution in [0.25, 0.3) is 0 Å². The molecule has 116 valence electrons. The van der Waals surface area contributed by atoms with Crippen LogP contribution in [0.5, 0.6) is 0 Å². The Morgan fingerprint density at radius 1 is 1.36 bits per heavy atom. The molecule has 1 unspecified atom stereocenters. The van der Waals surface area contributed by atoms with Gasteiger partial charge in [0, 0.05) is 32.0 Å². The lowest BCUT2D eigenvalue weighted by molar-refractivity contribution is -0.125. The predicted octanol–water partition coefficient (Wildman–Crippen LogP) is 1.55. The third kappa shape index (κ3) is 3.74. The molecule has 1 aliphatic rings. The zero-order valence-electron chi connectivity index (χ0n) is 12.7. The molecule has 0 radical (unpaired) electrons. The van der Waals surface area contributed by atoms with Gasteiger partial charge in [0.15, 0.2) is 0 Å². The molecular formula is C17H22N4O. The van der Waals surface area contributed by atoms with Crippen molar-refractivity contribution in [2.45, 2.75) is 25.9 Å². The molecule has 5 heteroatoms. The van der Waals surface area contributed by atoms with Crippen molar-refractivity contribution in [1.82, 2.24) is 20.2 Å². The third-order valence-corrected chi connectivity index (χ3v) is 4.15. The minimum Gasteiger partial charge on any atom is -0.352 e. The number of nitrogens with zero attached hydrogens (tertiary/aromatic N) is 2. The monoisotopic (exact) mass is 298 g/mol. The molecule has 22 heavy (non-hydrogen) atoms. The van der Waals surface area contributed by atoms with Crippen LogP contribution >= 0.6 is 0 Å². The Hall–Kier alpha value is -2.14. The van der Waals surface area contributed by atoms with Crippen molar-refractivity contribution < 1.29 is 4.79 Å². The van der Waals surface area contributed by atoms with Crippen LogP contribution in [0.2, 0.25) is 0 Å². The van der Waals surface area contributed by atoms with Crippen LogP contribution < -0.4 is 10.6 Å². The van der Waals surface area contributed by atoms with Gasteiger partial charge < -0.3 is 15.2 Å². The fraction of sp³-hybridized carbons (Fsp3) is 0.412. The lowest BCUT2D eigenvalue weighted by atomic mass is 9.98. The summed E-state index contributed by atoms with van der Waals surface area (Å²) in [4.78, 5) is 16.3. The molecule has 1 aromatic heterocycles. The van der Waals surface area contributed by atoms with E-state index in [1.807, 2.05) is 29.2 Å². The summed E-state index contributed by atoms with van der Waals surface area (Å²) in [6, 6.07) is 8.22. The van der Waals surface area contributed by atoms with Crippen LogP contribution in [-0.2, 0) is 17.9 Å². The molecule has 1 atom stereocenters. The van der Waals surface area contributed by atoms with Crippen molar-refractivity contribution in [1.29, 1.82) is 0 Å². The molecule has 0 saturated carbocycles. The maximum absolute atomic E-state index is 12.2. The number of hydrogen-bond acceptors (Lipinski definition) is 3. The van der Waals surface area contributed by atoms with E-state index in [0.717, 1.165) is 38.0 Å². The maximum atomic E-state index is 12.2. The Kier molecular flexibility index (Phi) is 4.85. The number of amides is 1. The van der Waals surface area contributed by atoms with Crippen LogP contribution in [0, 0.1) is 5.92 Å². The van der Waals surface area contributed by atoms with Gasteiger partial charge >= 0.3 is 0 Å². The number of piperidine rings is 1. The third-order valence-electron chi connectivity index (χ3n) is 4.15. The zero-order valence-corrected chi connectivity index (χ0v) is 12.7. The topological polar surface area (TPSA) is 59.0 Å². The molecule has 1 saturated heterocycles. The van der Waals surface area contributed by atoms with Crippen molar-refractivity contribution in [2.75, 3.05) is 13.1 Å². The van der Waals surface area contributed by atoms with Crippen molar-refractivity contribution in [3.8, 4) is 0 Å². The molecule has 1 amide bonds. The first-order valence-corrected chi connectivity index (χ1v) is 7.84. The Bertz CT molecular complexity index is 603. The summed E-state index contributed by atoms with van der Waals surface area (Å²) in [7, 11) is 0. The van der Waals surface area contributed by atoms with Gasteiger partial charge in [-0.3, -0.25) is 4.79 Å². The van der Waals surface area contributed by atoms with E-state index < -0.39 is 0 Å². The summed E-state index contributed by atoms with van der Waals surface area (Å²) in [5.41, 5.74) is 2.37. The number of nitrogens with one attached hydrogen (secondary N) is 2. The van der Waals surface area contributed by atoms with Gasteiger partial charge in [0.1, 0.15) is 0 Å². The van der Waals surface area contributed by atoms with E-state index in [-0.39, 0.29) is 11.8 Å². The van der Waals surface area contributed by atoms with Crippen molar-refractivity contribution in [3.05, 3.63) is 54.1 Å². The smallest absolute Gasteiger partial charge is 0.224 e. The van der Waals surface area contributed by atoms with Gasteiger partial charge in [0.05, 0.1) is 12.2 Å². The molecule has 0 spiro atoms. The molecule has 1 aliphatic heterocycles. The first-order valence-electron chi connectivity index (χ1n) is 7.84. The lowest BCUT2D eigenvalue weighted by Gasteiger charge is -2.22. The highest BCUT2D eigenvalue weighted by molar-refractivity contribution is 5.79. The summed E-state index contributed by atoms with van der Waals surface area (Å²) < 4.78 is 2.03. The molecule has 1 fully saturated rings. The fourth-order valence-electron chi connectivity index (χ4n) is 2.86. The van der Waals surface area contributed by atoms with Crippen molar-refractivity contribution in [3.63, 3.8) is 0 Å². The number of hydrogen-bond donors (Lipinski definition) is 2. The molecular weight excluding hydrogens is 276 g/mol. The second kappa shape index (κ2) is 7.22. The summed E-state index contributed by atoms with van der Waals surface area (Å²) >= 11 is 0. The number of rotatable bonds is 5. The molecule has 2 aromatic rings. The predicted molar refractivity (Wildman–Crippen MR) is 85.2 cm³/mol. The van der Waals surface area contributed by atoms with Crippen molar-refractivity contribution in [2.24, 2.45) is 5.92 Å². The Morgan fingerprint density at radius 2 is 2.23 bits per heavy atom. The van der Waals surface area contributed by atoms with Crippen LogP contribution in [0.3, 0.4) is 0 Å². The summed E-state index contributed by atoms with van der Waals surface area (Å²) in [6.45, 7) is 3.18. The lowest BCUT2D eigenvalue weighted by Crippen LogP contribution is -2.40. The second-order valence-electron chi connectivity index (χ2n) is 5.76. The molecule has 1 aromatic carbocycles. The van der Waals surface area contributed by atoms with Gasteiger partial charge in [-0.1, -0.05) is 24.3 Å². The van der Waals surface area contributed by atoms with Crippen LogP contribution in [0.1, 0.15) is 24.0 Å². The summed E-state index contributed by atoms with van der Waals surface area (Å²) in [5, 5.41) is 6.37. The van der Waals surface area contributed by atoms with E-state index in [0.29, 0.717) is 6.54 Å². The second-order valence-corrected chi connectivity index (χ2v) is 5.76. The number of carbonyl (C=O) groups excluding carboxylic acids is 1. The number of benzene rings is 1. The highest BCUT2D eigenvalue weighted by atomic mass is 16.1. The average Bonchev–Trinajstić information content (AvgIpc) is 3.07. The Balaban J connectivity index is 1.61. The van der Waals surface area contributed by atoms with E-state index in [9.17, 15) is 4.79 Å². The summed E-state index contributed by atoms with van der Waals surface area (Å²) in [6.07, 6.45) is 7.59. The highest BCUT2D eigenvalue weighted by Gasteiger charge is 2.20. The number of imidazole rings is 1. The van der Waals surface area contributed by atoms with E-state index in [1.165, 1.54) is 5.56 Å². The maximum Gasteiger partial charge on any atom is 0.224 e. The normalized spacial score (nSPS) is 18.1. The van der Waals surface area contributed by atoms with Gasteiger partial charge in [-0.05, 0) is 30.5 Å². The van der Waals surface area contributed by atoms with Crippen LogP contribution in [0.4, 0.5) is 0 Å². The largest absolute Gasteiger partial charge is 0.352 e. The molecule has 0 bridgehead atoms. The molecule has 3 rings (SSSR count). The van der Waals surface area contributed by atoms with E-state index >= 15 is 0 Å². The average molecular weight is 298 g/mol. The van der Waals surface area contributed by atoms with Crippen molar-refractivity contribution >= 4 is 5.91 Å². The minimum absolute atomic E-state index is 0.106. The van der Waals surface area contributed by atoms with Crippen LogP contribution in [-0.4, -0.2) is 28.5 Å². The first kappa shape index (κ1) is 14.8. The standard InChI is InChI=1S/C17H22N4O/c22-17(15-6-3-7-18-10-15)20-11-14-4-1-2-5-16(14)12-21-9-8-19-13-21/h1-2,4-5,8-9,13,15,18H,3,6-7,10-12H2,(H,20,22). The zero-order chi connectivity index (χ0) is 15.2. The number of aromatic nitrogens is 2. The SMILES string of the molecule is O=C(NCc1ccccc1Cn1ccnc1)C1CCCNC1. The molecule has 0 aliphatic carbocycles. The summed E-state index contributed by atoms with van der Waals surface area (Å²) in [5.74, 6) is 0.263. The fourth-order valence-corrected chi connectivity index (χ4v) is 2.86. The van der Waals surface area contributed by atoms with Gasteiger partial charge in [-0.2, -0.15) is 0 Å². The highest BCUT2D eigenvalue weighted by Crippen LogP contribution is 2.13. The molecule has 5 nitrogen and oxygen atoms in total. The van der Waals surface area contributed by atoms with E-state index in [4.69, 9.17) is 0 Å². The Morgan fingerprint density at radius 3 is 2.95 bits per heavy atom.